The Labute approximate surface area is 132 Å². The van der Waals surface area contributed by atoms with E-state index >= 15 is 0 Å². The lowest BCUT2D eigenvalue weighted by Gasteiger charge is -2.29. The molecule has 5 nitrogen and oxygen atoms in total. The summed E-state index contributed by atoms with van der Waals surface area (Å²) in [5, 5.41) is 5.12. The highest BCUT2D eigenvalue weighted by Gasteiger charge is 2.35. The molecule has 1 atom stereocenters. The number of hydrogen-bond donors (Lipinski definition) is 2. The van der Waals surface area contributed by atoms with Gasteiger partial charge in [0, 0.05) is 16.3 Å². The normalized spacial score (nSPS) is 18.1. The molecular formula is C15H16ClFN2O3. The Morgan fingerprint density at radius 3 is 2.68 bits per heavy atom. The smallest absolute Gasteiger partial charge is 0.338 e. The second-order valence-corrected chi connectivity index (χ2v) is 5.57. The molecule has 118 valence electrons. The fraction of sp³-hybridized carbons (Fsp3) is 0.333. The van der Waals surface area contributed by atoms with Crippen LogP contribution in [0.2, 0.25) is 5.02 Å². The minimum Gasteiger partial charge on any atom is -0.459 e. The van der Waals surface area contributed by atoms with Gasteiger partial charge in [-0.2, -0.15) is 0 Å². The highest BCUT2D eigenvalue weighted by Crippen LogP contribution is 2.34. The van der Waals surface area contributed by atoms with E-state index in [0.717, 1.165) is 0 Å². The van der Waals surface area contributed by atoms with Crippen molar-refractivity contribution < 1.29 is 18.7 Å². The molecule has 0 saturated carbocycles. The number of benzene rings is 1. The van der Waals surface area contributed by atoms with Crippen molar-refractivity contribution in [3.05, 3.63) is 45.9 Å². The van der Waals surface area contributed by atoms with Gasteiger partial charge in [-0.25, -0.2) is 14.0 Å². The minimum absolute atomic E-state index is 0.0362. The number of amides is 2. The van der Waals surface area contributed by atoms with E-state index < -0.39 is 23.9 Å². The maximum atomic E-state index is 14.2. The van der Waals surface area contributed by atoms with Crippen LogP contribution in [0.3, 0.4) is 0 Å². The van der Waals surface area contributed by atoms with Gasteiger partial charge in [-0.1, -0.05) is 17.7 Å². The number of halogens is 2. The van der Waals surface area contributed by atoms with E-state index in [9.17, 15) is 14.0 Å². The number of hydrogen-bond acceptors (Lipinski definition) is 3. The molecule has 0 aromatic heterocycles. The summed E-state index contributed by atoms with van der Waals surface area (Å²) in [6.45, 7) is 4.96. The molecule has 1 aliphatic heterocycles. The Balaban J connectivity index is 2.53. The van der Waals surface area contributed by atoms with Gasteiger partial charge in [-0.3, -0.25) is 0 Å². The van der Waals surface area contributed by atoms with Crippen molar-refractivity contribution in [1.82, 2.24) is 10.6 Å². The van der Waals surface area contributed by atoms with Crippen LogP contribution in [-0.4, -0.2) is 18.1 Å². The molecule has 1 heterocycles. The van der Waals surface area contributed by atoms with Crippen LogP contribution < -0.4 is 10.6 Å². The van der Waals surface area contributed by atoms with Crippen LogP contribution in [0.5, 0.6) is 0 Å². The monoisotopic (exact) mass is 326 g/mol. The number of carbonyl (C=O) groups is 2. The van der Waals surface area contributed by atoms with Crippen LogP contribution in [0.15, 0.2) is 29.5 Å². The average Bonchev–Trinajstić information content (AvgIpc) is 2.36. The highest BCUT2D eigenvalue weighted by molar-refractivity contribution is 6.31. The predicted octanol–water partition coefficient (Wildman–Crippen LogP) is 3.06. The van der Waals surface area contributed by atoms with Gasteiger partial charge in [0.25, 0.3) is 0 Å². The van der Waals surface area contributed by atoms with Gasteiger partial charge >= 0.3 is 12.0 Å². The second-order valence-electron chi connectivity index (χ2n) is 5.16. The van der Waals surface area contributed by atoms with Crippen molar-refractivity contribution >= 4 is 23.6 Å². The molecule has 2 rings (SSSR count). The van der Waals surface area contributed by atoms with Gasteiger partial charge in [0.1, 0.15) is 5.82 Å². The third-order valence-corrected chi connectivity index (χ3v) is 3.45. The largest absolute Gasteiger partial charge is 0.459 e. The summed E-state index contributed by atoms with van der Waals surface area (Å²) in [6, 6.07) is 2.62. The minimum atomic E-state index is -1.01. The molecular weight excluding hydrogens is 311 g/mol. The first-order chi connectivity index (χ1) is 10.3. The fourth-order valence-corrected chi connectivity index (χ4v) is 2.52. The van der Waals surface area contributed by atoms with Crippen LogP contribution in [0.4, 0.5) is 9.18 Å². The molecule has 22 heavy (non-hydrogen) atoms. The van der Waals surface area contributed by atoms with Gasteiger partial charge in [-0.15, -0.1) is 0 Å². The molecule has 0 unspecified atom stereocenters. The van der Waals surface area contributed by atoms with Crippen LogP contribution >= 0.6 is 11.6 Å². The van der Waals surface area contributed by atoms with E-state index in [-0.39, 0.29) is 22.3 Å². The third-order valence-electron chi connectivity index (χ3n) is 3.12. The van der Waals surface area contributed by atoms with Crippen molar-refractivity contribution in [2.24, 2.45) is 0 Å². The lowest BCUT2D eigenvalue weighted by Crippen LogP contribution is -2.45. The Bertz CT molecular complexity index is 638. The fourth-order valence-electron chi connectivity index (χ4n) is 2.24. The van der Waals surface area contributed by atoms with Crippen molar-refractivity contribution in [3.8, 4) is 0 Å². The SMILES string of the molecule is CC1=C(C(=O)OC(C)C)[C@H](c2c(F)cccc2Cl)NC(=O)N1. The van der Waals surface area contributed by atoms with Crippen molar-refractivity contribution in [2.75, 3.05) is 0 Å². The molecule has 0 bridgehead atoms. The zero-order valence-electron chi connectivity index (χ0n) is 12.4. The Hall–Kier alpha value is -2.08. The highest BCUT2D eigenvalue weighted by atomic mass is 35.5. The Morgan fingerprint density at radius 1 is 1.41 bits per heavy atom. The Kier molecular flexibility index (Phi) is 4.71. The number of allylic oxidation sites excluding steroid dienone is 1. The Morgan fingerprint density at radius 2 is 2.09 bits per heavy atom. The summed E-state index contributed by atoms with van der Waals surface area (Å²) >= 11 is 6.05. The molecule has 1 aromatic carbocycles. The summed E-state index contributed by atoms with van der Waals surface area (Å²) in [7, 11) is 0. The van der Waals surface area contributed by atoms with Gasteiger partial charge < -0.3 is 15.4 Å². The van der Waals surface area contributed by atoms with E-state index in [4.69, 9.17) is 16.3 Å². The van der Waals surface area contributed by atoms with Gasteiger partial charge in [-0.05, 0) is 32.9 Å². The number of rotatable bonds is 3. The maximum absolute atomic E-state index is 14.2. The van der Waals surface area contributed by atoms with Crippen molar-refractivity contribution in [2.45, 2.75) is 32.9 Å². The lowest BCUT2D eigenvalue weighted by molar-refractivity contribution is -0.143. The van der Waals surface area contributed by atoms with E-state index in [1.165, 1.54) is 18.2 Å². The standard InChI is InChI=1S/C15H16ClFN2O3/c1-7(2)22-14(20)11-8(3)18-15(21)19-13(11)12-9(16)5-4-6-10(12)17/h4-7,13H,1-3H3,(H2,18,19,21)/t13-/m1/s1. The molecule has 1 aliphatic rings. The number of ether oxygens (including phenoxy) is 1. The molecule has 2 N–H and O–H groups in total. The molecule has 0 fully saturated rings. The number of urea groups is 1. The first kappa shape index (κ1) is 16.3. The molecule has 7 heteroatoms. The molecule has 1 aromatic rings. The van der Waals surface area contributed by atoms with E-state index in [0.29, 0.717) is 5.70 Å². The summed E-state index contributed by atoms with van der Waals surface area (Å²) in [4.78, 5) is 24.0. The second kappa shape index (κ2) is 6.36. The van der Waals surface area contributed by atoms with Crippen LogP contribution in [-0.2, 0) is 9.53 Å². The summed E-state index contributed by atoms with van der Waals surface area (Å²) < 4.78 is 19.3. The number of carbonyl (C=O) groups excluding carboxylic acids is 2. The summed E-state index contributed by atoms with van der Waals surface area (Å²) in [6.07, 6.45) is -0.345. The maximum Gasteiger partial charge on any atom is 0.338 e. The summed E-state index contributed by atoms with van der Waals surface area (Å²) in [5.74, 6) is -1.24. The van der Waals surface area contributed by atoms with Crippen LogP contribution in [0.25, 0.3) is 0 Å². The van der Waals surface area contributed by atoms with Gasteiger partial charge in [0.05, 0.1) is 17.7 Å². The molecule has 2 amide bonds. The molecule has 0 spiro atoms. The van der Waals surface area contributed by atoms with Crippen LogP contribution in [0, 0.1) is 5.82 Å². The topological polar surface area (TPSA) is 67.4 Å². The number of nitrogens with one attached hydrogen (secondary N) is 2. The quantitative estimate of drug-likeness (QED) is 0.839. The van der Waals surface area contributed by atoms with Crippen molar-refractivity contribution in [3.63, 3.8) is 0 Å². The van der Waals surface area contributed by atoms with E-state index in [2.05, 4.69) is 10.6 Å². The zero-order chi connectivity index (χ0) is 16.4. The van der Waals surface area contributed by atoms with Gasteiger partial charge in [0.15, 0.2) is 0 Å². The van der Waals surface area contributed by atoms with Crippen LogP contribution in [0.1, 0.15) is 32.4 Å². The van der Waals surface area contributed by atoms with E-state index in [1.54, 1.807) is 20.8 Å². The predicted molar refractivity (Wildman–Crippen MR) is 79.7 cm³/mol. The van der Waals surface area contributed by atoms with Gasteiger partial charge in [0.2, 0.25) is 0 Å². The molecule has 0 saturated heterocycles. The summed E-state index contributed by atoms with van der Waals surface area (Å²) in [5.41, 5.74) is 0.466. The molecule has 0 aliphatic carbocycles. The van der Waals surface area contributed by atoms with E-state index in [1.807, 2.05) is 0 Å². The number of esters is 1. The zero-order valence-corrected chi connectivity index (χ0v) is 13.1. The van der Waals surface area contributed by atoms with Crippen molar-refractivity contribution in [1.29, 1.82) is 0 Å². The average molecular weight is 327 g/mol. The first-order valence-corrected chi connectivity index (χ1v) is 7.12. The first-order valence-electron chi connectivity index (χ1n) is 6.74. The third kappa shape index (κ3) is 3.22. The molecule has 0 radical (unpaired) electrons. The lowest BCUT2D eigenvalue weighted by atomic mass is 9.95.